The number of benzene rings is 3. The van der Waals surface area contributed by atoms with Gasteiger partial charge in [-0.25, -0.2) is 4.98 Å². The van der Waals surface area contributed by atoms with E-state index >= 15 is 0 Å². The van der Waals surface area contributed by atoms with Crippen LogP contribution in [0.4, 0.5) is 0 Å². The lowest BCUT2D eigenvalue weighted by molar-refractivity contribution is 0.754. The first-order chi connectivity index (χ1) is 13.0. The maximum Gasteiger partial charge on any atom is 0.114 e. The van der Waals surface area contributed by atoms with Gasteiger partial charge in [0.1, 0.15) is 5.82 Å². The van der Waals surface area contributed by atoms with Gasteiger partial charge in [-0.15, -0.1) is 0 Å². The fourth-order valence-electron chi connectivity index (χ4n) is 3.84. The van der Waals surface area contributed by atoms with Gasteiger partial charge in [0.05, 0.1) is 11.0 Å². The van der Waals surface area contributed by atoms with Crippen molar-refractivity contribution in [2.45, 2.75) is 33.7 Å². The van der Waals surface area contributed by atoms with Crippen molar-refractivity contribution in [2.75, 3.05) is 0 Å². The molecular weight excluding hydrogens is 352 g/mol. The SMILES string of the molecule is Cc1cc(C)c(Cn2c(Cc3ccc(Cl)cc3)nc3ccccc32)c(C)c1. The zero-order chi connectivity index (χ0) is 19.0. The molecule has 0 saturated heterocycles. The molecule has 3 heteroatoms. The van der Waals surface area contributed by atoms with E-state index in [0.717, 1.165) is 29.3 Å². The average molecular weight is 375 g/mol. The number of rotatable bonds is 4. The minimum atomic E-state index is 0.762. The molecule has 1 heterocycles. The van der Waals surface area contributed by atoms with Crippen LogP contribution in [0, 0.1) is 20.8 Å². The van der Waals surface area contributed by atoms with Gasteiger partial charge < -0.3 is 4.57 Å². The lowest BCUT2D eigenvalue weighted by Crippen LogP contribution is -2.08. The molecule has 0 bridgehead atoms. The van der Waals surface area contributed by atoms with Crippen LogP contribution in [-0.2, 0) is 13.0 Å². The Morgan fingerprint density at radius 1 is 0.889 bits per heavy atom. The molecule has 0 saturated carbocycles. The third-order valence-electron chi connectivity index (χ3n) is 5.17. The van der Waals surface area contributed by atoms with E-state index in [1.807, 2.05) is 18.2 Å². The molecule has 1 aromatic heterocycles. The Morgan fingerprint density at radius 2 is 1.56 bits per heavy atom. The first-order valence-electron chi connectivity index (χ1n) is 9.26. The molecule has 0 radical (unpaired) electrons. The molecule has 0 amide bonds. The van der Waals surface area contributed by atoms with E-state index in [0.29, 0.717) is 0 Å². The Hall–Kier alpha value is -2.58. The summed E-state index contributed by atoms with van der Waals surface area (Å²) < 4.78 is 2.36. The summed E-state index contributed by atoms with van der Waals surface area (Å²) in [6.45, 7) is 7.39. The Balaban J connectivity index is 1.80. The number of fused-ring (bicyclic) bond motifs is 1. The molecule has 0 unspecified atom stereocenters. The fourth-order valence-corrected chi connectivity index (χ4v) is 3.97. The molecule has 0 aliphatic heterocycles. The van der Waals surface area contributed by atoms with Crippen LogP contribution >= 0.6 is 11.6 Å². The highest BCUT2D eigenvalue weighted by molar-refractivity contribution is 6.30. The number of aryl methyl sites for hydroxylation is 3. The van der Waals surface area contributed by atoms with E-state index in [9.17, 15) is 0 Å². The Morgan fingerprint density at radius 3 is 2.26 bits per heavy atom. The Labute approximate surface area is 165 Å². The molecule has 4 rings (SSSR count). The summed E-state index contributed by atoms with van der Waals surface area (Å²) in [5, 5.41) is 0.762. The van der Waals surface area contributed by atoms with Gasteiger partial charge in [0.2, 0.25) is 0 Å². The molecule has 0 aliphatic rings. The van der Waals surface area contributed by atoms with Gasteiger partial charge in [0.15, 0.2) is 0 Å². The molecule has 2 nitrogen and oxygen atoms in total. The van der Waals surface area contributed by atoms with Gasteiger partial charge in [-0.1, -0.05) is 53.6 Å². The highest BCUT2D eigenvalue weighted by atomic mass is 35.5. The van der Waals surface area contributed by atoms with E-state index in [-0.39, 0.29) is 0 Å². The minimum absolute atomic E-state index is 0.762. The molecule has 4 aromatic rings. The van der Waals surface area contributed by atoms with Gasteiger partial charge in [0.25, 0.3) is 0 Å². The van der Waals surface area contributed by atoms with E-state index in [2.05, 4.69) is 67.8 Å². The van der Waals surface area contributed by atoms with Crippen molar-refractivity contribution in [3.8, 4) is 0 Å². The van der Waals surface area contributed by atoms with E-state index in [1.54, 1.807) is 0 Å². The molecule has 0 atom stereocenters. The van der Waals surface area contributed by atoms with Crippen molar-refractivity contribution in [1.29, 1.82) is 0 Å². The second-order valence-electron chi connectivity index (χ2n) is 7.28. The van der Waals surface area contributed by atoms with E-state index in [4.69, 9.17) is 16.6 Å². The predicted octanol–water partition coefficient (Wildman–Crippen LogP) is 6.25. The van der Waals surface area contributed by atoms with Crippen molar-refractivity contribution in [3.63, 3.8) is 0 Å². The van der Waals surface area contributed by atoms with Crippen LogP contribution in [0.2, 0.25) is 5.02 Å². The zero-order valence-corrected chi connectivity index (χ0v) is 16.7. The van der Waals surface area contributed by atoms with Crippen LogP contribution in [-0.4, -0.2) is 9.55 Å². The second kappa shape index (κ2) is 7.21. The van der Waals surface area contributed by atoms with Gasteiger partial charge in [-0.05, 0) is 67.3 Å². The van der Waals surface area contributed by atoms with Crippen molar-refractivity contribution in [3.05, 3.63) is 99.3 Å². The highest BCUT2D eigenvalue weighted by Gasteiger charge is 2.14. The first kappa shape index (κ1) is 17.8. The summed E-state index contributed by atoms with van der Waals surface area (Å²) >= 11 is 6.04. The smallest absolute Gasteiger partial charge is 0.114 e. The number of aromatic nitrogens is 2. The highest BCUT2D eigenvalue weighted by Crippen LogP contribution is 2.24. The number of imidazole rings is 1. The van der Waals surface area contributed by atoms with E-state index in [1.165, 1.54) is 33.3 Å². The van der Waals surface area contributed by atoms with Crippen molar-refractivity contribution >= 4 is 22.6 Å². The van der Waals surface area contributed by atoms with Crippen molar-refractivity contribution in [2.24, 2.45) is 0 Å². The van der Waals surface area contributed by atoms with Crippen LogP contribution in [0.15, 0.2) is 60.7 Å². The van der Waals surface area contributed by atoms with Gasteiger partial charge in [-0.2, -0.15) is 0 Å². The predicted molar refractivity (Wildman–Crippen MR) is 114 cm³/mol. The summed E-state index contributed by atoms with van der Waals surface area (Å²) in [6, 6.07) is 21.0. The summed E-state index contributed by atoms with van der Waals surface area (Å²) in [5.41, 5.74) is 8.80. The number of halogens is 1. The van der Waals surface area contributed by atoms with Crippen molar-refractivity contribution < 1.29 is 0 Å². The van der Waals surface area contributed by atoms with E-state index < -0.39 is 0 Å². The molecule has 0 aliphatic carbocycles. The summed E-state index contributed by atoms with van der Waals surface area (Å²) in [6.07, 6.45) is 0.788. The largest absolute Gasteiger partial charge is 0.323 e. The number of hydrogen-bond donors (Lipinski definition) is 0. The van der Waals surface area contributed by atoms with Crippen LogP contribution in [0.3, 0.4) is 0 Å². The molecular formula is C24H23ClN2. The first-order valence-corrected chi connectivity index (χ1v) is 9.64. The van der Waals surface area contributed by atoms with Crippen LogP contribution in [0.5, 0.6) is 0 Å². The average Bonchev–Trinajstić information content (AvgIpc) is 2.97. The zero-order valence-electron chi connectivity index (χ0n) is 16.0. The number of para-hydroxylation sites is 2. The molecule has 0 N–H and O–H groups in total. The van der Waals surface area contributed by atoms with Gasteiger partial charge >= 0.3 is 0 Å². The normalized spacial score (nSPS) is 11.3. The van der Waals surface area contributed by atoms with Crippen LogP contribution < -0.4 is 0 Å². The standard InChI is InChI=1S/C24H23ClN2/c1-16-12-17(2)21(18(3)13-16)15-27-23-7-5-4-6-22(23)26-24(27)14-19-8-10-20(25)11-9-19/h4-13H,14-15H2,1-3H3. The Bertz CT molecular complexity index is 1080. The quantitative estimate of drug-likeness (QED) is 0.412. The minimum Gasteiger partial charge on any atom is -0.323 e. The molecule has 0 spiro atoms. The third-order valence-corrected chi connectivity index (χ3v) is 5.42. The van der Waals surface area contributed by atoms with Crippen LogP contribution in [0.1, 0.15) is 33.6 Å². The molecule has 136 valence electrons. The lowest BCUT2D eigenvalue weighted by atomic mass is 9.99. The second-order valence-corrected chi connectivity index (χ2v) is 7.72. The van der Waals surface area contributed by atoms with Gasteiger partial charge in [-0.3, -0.25) is 0 Å². The van der Waals surface area contributed by atoms with Crippen molar-refractivity contribution in [1.82, 2.24) is 9.55 Å². The summed E-state index contributed by atoms with van der Waals surface area (Å²) in [5.74, 6) is 1.08. The molecule has 0 fully saturated rings. The lowest BCUT2D eigenvalue weighted by Gasteiger charge is -2.15. The monoisotopic (exact) mass is 374 g/mol. The number of nitrogens with zero attached hydrogens (tertiary/aromatic N) is 2. The fraction of sp³-hybridized carbons (Fsp3) is 0.208. The number of hydrogen-bond acceptors (Lipinski definition) is 1. The maximum atomic E-state index is 6.04. The summed E-state index contributed by atoms with van der Waals surface area (Å²) in [4.78, 5) is 4.93. The third kappa shape index (κ3) is 3.63. The van der Waals surface area contributed by atoms with Gasteiger partial charge in [0, 0.05) is 18.0 Å². The Kier molecular flexibility index (Phi) is 4.75. The molecule has 3 aromatic carbocycles. The molecule has 27 heavy (non-hydrogen) atoms. The van der Waals surface area contributed by atoms with Crippen LogP contribution in [0.25, 0.3) is 11.0 Å². The topological polar surface area (TPSA) is 17.8 Å². The summed E-state index contributed by atoms with van der Waals surface area (Å²) in [7, 11) is 0. The maximum absolute atomic E-state index is 6.04.